The number of rotatable bonds is 6. The van der Waals surface area contributed by atoms with Crippen molar-refractivity contribution in [3.8, 4) is 0 Å². The fourth-order valence-electron chi connectivity index (χ4n) is 2.31. The van der Waals surface area contributed by atoms with Gasteiger partial charge < -0.3 is 0 Å². The molecular formula is C21H16ClFN2OS. The zero-order chi connectivity index (χ0) is 19.1. The van der Waals surface area contributed by atoms with Crippen molar-refractivity contribution in [3.05, 3.63) is 94.8 Å². The zero-order valence-electron chi connectivity index (χ0n) is 14.2. The molecular weight excluding hydrogens is 383 g/mol. The van der Waals surface area contributed by atoms with E-state index in [1.165, 1.54) is 12.1 Å². The van der Waals surface area contributed by atoms with Gasteiger partial charge in [-0.1, -0.05) is 53.7 Å². The molecule has 3 nitrogen and oxygen atoms in total. The Bertz CT molecular complexity index is 943. The number of carbonyl (C=O) groups excluding carboxylic acids is 1. The molecule has 0 heterocycles. The molecule has 27 heavy (non-hydrogen) atoms. The molecule has 0 aliphatic rings. The molecule has 136 valence electrons. The van der Waals surface area contributed by atoms with E-state index in [0.717, 1.165) is 20.9 Å². The van der Waals surface area contributed by atoms with Crippen LogP contribution in [0.15, 0.2) is 87.7 Å². The lowest BCUT2D eigenvalue weighted by Gasteiger charge is -2.06. The smallest absolute Gasteiger partial charge is 0.244 e. The van der Waals surface area contributed by atoms with E-state index in [2.05, 4.69) is 10.5 Å². The van der Waals surface area contributed by atoms with Crippen LogP contribution in [0.1, 0.15) is 11.1 Å². The average molecular weight is 399 g/mol. The van der Waals surface area contributed by atoms with E-state index >= 15 is 0 Å². The van der Waals surface area contributed by atoms with Crippen molar-refractivity contribution in [2.24, 2.45) is 5.10 Å². The molecule has 0 fully saturated rings. The molecule has 0 bridgehead atoms. The summed E-state index contributed by atoms with van der Waals surface area (Å²) in [6.07, 6.45) is 1.75. The summed E-state index contributed by atoms with van der Waals surface area (Å²) < 4.78 is 12.9. The van der Waals surface area contributed by atoms with Crippen molar-refractivity contribution in [1.82, 2.24) is 5.43 Å². The van der Waals surface area contributed by atoms with Gasteiger partial charge in [-0.15, -0.1) is 0 Å². The molecule has 0 aromatic heterocycles. The number of nitrogens with one attached hydrogen (secondary N) is 1. The molecule has 3 rings (SSSR count). The van der Waals surface area contributed by atoms with Gasteiger partial charge in [0.05, 0.1) is 12.6 Å². The molecule has 6 heteroatoms. The van der Waals surface area contributed by atoms with E-state index in [-0.39, 0.29) is 18.1 Å². The van der Waals surface area contributed by atoms with E-state index in [1.807, 2.05) is 48.5 Å². The zero-order valence-corrected chi connectivity index (χ0v) is 15.8. The quantitative estimate of drug-likeness (QED) is 0.450. The maximum absolute atomic E-state index is 12.9. The Morgan fingerprint density at radius 3 is 2.48 bits per heavy atom. The second kappa shape index (κ2) is 9.35. The number of hydrogen-bond donors (Lipinski definition) is 1. The van der Waals surface area contributed by atoms with Gasteiger partial charge >= 0.3 is 0 Å². The summed E-state index contributed by atoms with van der Waals surface area (Å²) >= 11 is 7.51. The van der Waals surface area contributed by atoms with Gasteiger partial charge in [-0.05, 0) is 48.0 Å². The summed E-state index contributed by atoms with van der Waals surface area (Å²) in [7, 11) is 0. The number of nitrogens with zero attached hydrogens (tertiary/aromatic N) is 1. The number of benzene rings is 3. The number of hydrazone groups is 1. The van der Waals surface area contributed by atoms with Gasteiger partial charge in [0.1, 0.15) is 5.82 Å². The maximum Gasteiger partial charge on any atom is 0.244 e. The van der Waals surface area contributed by atoms with Crippen LogP contribution in [0.25, 0.3) is 0 Å². The number of carbonyl (C=O) groups is 1. The highest BCUT2D eigenvalue weighted by Crippen LogP contribution is 2.30. The molecule has 0 saturated carbocycles. The van der Waals surface area contributed by atoms with Crippen LogP contribution in [-0.2, 0) is 11.2 Å². The summed E-state index contributed by atoms with van der Waals surface area (Å²) in [6.45, 7) is 0. The second-order valence-corrected chi connectivity index (χ2v) is 7.24. The van der Waals surface area contributed by atoms with Crippen molar-refractivity contribution >= 4 is 35.5 Å². The van der Waals surface area contributed by atoms with E-state index in [0.29, 0.717) is 5.02 Å². The lowest BCUT2D eigenvalue weighted by molar-refractivity contribution is -0.120. The molecule has 0 unspecified atom stereocenters. The number of amides is 1. The molecule has 0 atom stereocenters. The molecule has 0 saturated heterocycles. The Morgan fingerprint density at radius 1 is 1.04 bits per heavy atom. The van der Waals surface area contributed by atoms with Crippen molar-refractivity contribution in [2.75, 3.05) is 0 Å². The van der Waals surface area contributed by atoms with Gasteiger partial charge in [-0.25, -0.2) is 9.82 Å². The van der Waals surface area contributed by atoms with Crippen LogP contribution in [0.3, 0.4) is 0 Å². The first-order valence-electron chi connectivity index (χ1n) is 8.19. The maximum atomic E-state index is 12.9. The van der Waals surface area contributed by atoms with Crippen LogP contribution in [0.4, 0.5) is 4.39 Å². The number of hydrogen-bond acceptors (Lipinski definition) is 3. The number of halogens is 2. The molecule has 0 spiro atoms. The molecule has 3 aromatic carbocycles. The lowest BCUT2D eigenvalue weighted by atomic mass is 10.1. The highest BCUT2D eigenvalue weighted by atomic mass is 35.5. The molecule has 0 aliphatic heterocycles. The van der Waals surface area contributed by atoms with Crippen LogP contribution in [0.5, 0.6) is 0 Å². The largest absolute Gasteiger partial charge is 0.273 e. The standard InChI is InChI=1S/C21H16ClFN2OS/c22-17-7-11-19(12-8-17)27-20-4-2-1-3-16(20)14-24-25-21(26)13-15-5-9-18(23)10-6-15/h1-12,14H,13H2,(H,25,26)/b24-14-. The van der Waals surface area contributed by atoms with E-state index < -0.39 is 0 Å². The monoisotopic (exact) mass is 398 g/mol. The summed E-state index contributed by atoms with van der Waals surface area (Å²) in [6, 6.07) is 21.2. The summed E-state index contributed by atoms with van der Waals surface area (Å²) in [5, 5.41) is 4.73. The van der Waals surface area contributed by atoms with Crippen molar-refractivity contribution < 1.29 is 9.18 Å². The molecule has 3 aromatic rings. The first-order valence-corrected chi connectivity index (χ1v) is 9.38. The fraction of sp³-hybridized carbons (Fsp3) is 0.0476. The first-order chi connectivity index (χ1) is 13.1. The van der Waals surface area contributed by atoms with Gasteiger partial charge in [-0.3, -0.25) is 4.79 Å². The minimum atomic E-state index is -0.327. The summed E-state index contributed by atoms with van der Waals surface area (Å²) in [4.78, 5) is 14.0. The molecule has 1 amide bonds. The van der Waals surface area contributed by atoms with Crippen molar-refractivity contribution in [2.45, 2.75) is 16.2 Å². The van der Waals surface area contributed by atoms with Crippen LogP contribution in [-0.4, -0.2) is 12.1 Å². The SMILES string of the molecule is O=C(Cc1ccc(F)cc1)N/N=C\c1ccccc1Sc1ccc(Cl)cc1. The van der Waals surface area contributed by atoms with E-state index in [1.54, 1.807) is 30.1 Å². The Balaban J connectivity index is 1.62. The molecule has 0 aliphatic carbocycles. The summed E-state index contributed by atoms with van der Waals surface area (Å²) in [5.41, 5.74) is 4.12. The second-order valence-electron chi connectivity index (χ2n) is 5.69. The summed E-state index contributed by atoms with van der Waals surface area (Å²) in [5.74, 6) is -0.590. The fourth-order valence-corrected chi connectivity index (χ4v) is 3.35. The predicted molar refractivity (Wildman–Crippen MR) is 108 cm³/mol. The van der Waals surface area contributed by atoms with E-state index in [4.69, 9.17) is 11.6 Å². The topological polar surface area (TPSA) is 41.5 Å². The lowest BCUT2D eigenvalue weighted by Crippen LogP contribution is -2.19. The van der Waals surface area contributed by atoms with Crippen molar-refractivity contribution in [3.63, 3.8) is 0 Å². The Hall–Kier alpha value is -2.63. The van der Waals surface area contributed by atoms with Gasteiger partial charge in [0, 0.05) is 20.4 Å². The van der Waals surface area contributed by atoms with Gasteiger partial charge in [0.15, 0.2) is 0 Å². The predicted octanol–water partition coefficient (Wildman–Crippen LogP) is 5.32. The van der Waals surface area contributed by atoms with Crippen LogP contribution in [0, 0.1) is 5.82 Å². The molecule has 0 radical (unpaired) electrons. The van der Waals surface area contributed by atoms with Gasteiger partial charge in [0.25, 0.3) is 0 Å². The van der Waals surface area contributed by atoms with Gasteiger partial charge in [0.2, 0.25) is 5.91 Å². The van der Waals surface area contributed by atoms with Gasteiger partial charge in [-0.2, -0.15) is 5.10 Å². The van der Waals surface area contributed by atoms with Crippen LogP contribution >= 0.6 is 23.4 Å². The van der Waals surface area contributed by atoms with E-state index in [9.17, 15) is 9.18 Å². The Morgan fingerprint density at radius 2 is 1.74 bits per heavy atom. The molecule has 1 N–H and O–H groups in total. The minimum absolute atomic E-state index is 0.138. The van der Waals surface area contributed by atoms with Crippen molar-refractivity contribution in [1.29, 1.82) is 0 Å². The third-order valence-corrected chi connectivity index (χ3v) is 4.98. The average Bonchev–Trinajstić information content (AvgIpc) is 2.67. The first kappa shape index (κ1) is 19.1. The third kappa shape index (κ3) is 5.94. The van der Waals surface area contributed by atoms with Crippen LogP contribution in [0.2, 0.25) is 5.02 Å². The minimum Gasteiger partial charge on any atom is -0.273 e. The highest BCUT2D eigenvalue weighted by Gasteiger charge is 2.04. The highest BCUT2D eigenvalue weighted by molar-refractivity contribution is 7.99. The third-order valence-electron chi connectivity index (χ3n) is 3.63. The normalized spacial score (nSPS) is 10.9. The Kier molecular flexibility index (Phi) is 6.63. The van der Waals surface area contributed by atoms with Crippen LogP contribution < -0.4 is 5.43 Å². The Labute approximate surface area is 166 Å².